The van der Waals surface area contributed by atoms with Gasteiger partial charge in [-0.05, 0) is 461 Å². The van der Waals surface area contributed by atoms with Crippen LogP contribution in [0, 0.1) is 118 Å². The maximum absolute atomic E-state index is 2.39. The van der Waals surface area contributed by atoms with Gasteiger partial charge in [-0.25, -0.2) is 0 Å². The first-order chi connectivity index (χ1) is 70.3. The van der Waals surface area contributed by atoms with E-state index in [0.29, 0.717) is 11.8 Å². The van der Waals surface area contributed by atoms with Crippen LogP contribution >= 0.6 is 0 Å². The maximum atomic E-state index is 2.39. The summed E-state index contributed by atoms with van der Waals surface area (Å²) in [5.41, 5.74) is 51.8. The summed E-state index contributed by atoms with van der Waals surface area (Å²) in [6, 6.07) is 120. The van der Waals surface area contributed by atoms with Gasteiger partial charge in [0, 0.05) is 11.8 Å². The molecule has 0 fully saturated rings. The Bertz CT molecular complexity index is 8480. The van der Waals surface area contributed by atoms with E-state index in [4.69, 9.17) is 0 Å². The van der Waals surface area contributed by atoms with Gasteiger partial charge in [0.1, 0.15) is 0 Å². The molecule has 0 bridgehead atoms. The molecule has 0 saturated carbocycles. The van der Waals surface area contributed by atoms with Gasteiger partial charge in [0.05, 0.1) is 0 Å². The van der Waals surface area contributed by atoms with E-state index in [2.05, 4.69) is 527 Å². The number of benzene rings is 21. The average Bonchev–Trinajstić information content (AvgIpc) is 1.77. The topological polar surface area (TPSA) is 0 Å². The first kappa shape index (κ1) is 98.4. The summed E-state index contributed by atoms with van der Waals surface area (Å²) in [6.45, 7) is 44.1. The molecule has 0 aliphatic heterocycles. The predicted octanol–water partition coefficient (Wildman–Crippen LogP) is 40.0. The molecule has 2 atom stereocenters. The number of allylic oxidation sites excluding steroid dienone is 6. The second-order valence-corrected chi connectivity index (χ2v) is 41.4. The zero-order chi connectivity index (χ0) is 101. The summed E-state index contributed by atoms with van der Waals surface area (Å²) in [5, 5.41) is 24.5. The molecule has 716 valence electrons. The fraction of sp³-hybridized carbons (Fsp3) is 0.186. The monoisotopic (exact) mass is 1880 g/mol. The molecule has 0 heterocycles. The van der Waals surface area contributed by atoms with E-state index >= 15 is 0 Å². The number of hydrogen-bond donors (Lipinski definition) is 0. The first-order valence-electron chi connectivity index (χ1n) is 52.3. The van der Waals surface area contributed by atoms with Gasteiger partial charge in [-0.3, -0.25) is 0 Å². The lowest BCUT2D eigenvalue weighted by molar-refractivity contribution is 0.956. The summed E-state index contributed by atoms with van der Waals surface area (Å²) >= 11 is 0. The minimum absolute atomic E-state index is 0.552. The minimum atomic E-state index is 0.552. The second-order valence-electron chi connectivity index (χ2n) is 41.4. The molecule has 0 amide bonds. The Morgan fingerprint density at radius 2 is 0.559 bits per heavy atom. The zero-order valence-corrected chi connectivity index (χ0v) is 88.6. The van der Waals surface area contributed by atoms with Crippen LogP contribution in [0.4, 0.5) is 0 Å². The number of fused-ring (bicyclic) bond motifs is 21. The van der Waals surface area contributed by atoms with Crippen LogP contribution < -0.4 is 0 Å². The van der Waals surface area contributed by atoms with Crippen molar-refractivity contribution in [3.63, 3.8) is 0 Å². The highest BCUT2D eigenvalue weighted by Gasteiger charge is 2.28. The van der Waals surface area contributed by atoms with E-state index in [0.717, 1.165) is 32.1 Å². The third-order valence-corrected chi connectivity index (χ3v) is 32.1. The molecule has 7 aliphatic rings. The quantitative estimate of drug-likeness (QED) is 0.105. The summed E-state index contributed by atoms with van der Waals surface area (Å²) in [4.78, 5) is 0. The van der Waals surface area contributed by atoms with E-state index in [-0.39, 0.29) is 0 Å². The van der Waals surface area contributed by atoms with Crippen molar-refractivity contribution in [1.82, 2.24) is 0 Å². The van der Waals surface area contributed by atoms with E-state index in [9.17, 15) is 0 Å². The van der Waals surface area contributed by atoms with Gasteiger partial charge in [-0.15, -0.1) is 0 Å². The van der Waals surface area contributed by atoms with E-state index in [1.54, 1.807) is 16.7 Å². The van der Waals surface area contributed by atoms with Crippen LogP contribution in [-0.4, -0.2) is 0 Å². The van der Waals surface area contributed by atoms with Gasteiger partial charge < -0.3 is 0 Å². The summed E-state index contributed by atoms with van der Waals surface area (Å²) in [7, 11) is 0. The van der Waals surface area contributed by atoms with Crippen LogP contribution in [-0.2, 0) is 32.1 Å². The van der Waals surface area contributed by atoms with Crippen molar-refractivity contribution >= 4 is 127 Å². The fourth-order valence-corrected chi connectivity index (χ4v) is 23.7. The maximum Gasteiger partial charge on any atom is 0.00734 e. The molecular weight excluding hydrogens is 1740 g/mol. The molecule has 21 aromatic rings. The molecule has 0 N–H and O–H groups in total. The first-order valence-corrected chi connectivity index (χ1v) is 52.3. The van der Waals surface area contributed by atoms with Crippen molar-refractivity contribution in [2.75, 3.05) is 0 Å². The Labute approximate surface area is 861 Å². The van der Waals surface area contributed by atoms with Crippen LogP contribution in [0.3, 0.4) is 0 Å². The molecule has 0 spiro atoms. The summed E-state index contributed by atoms with van der Waals surface area (Å²) in [6.07, 6.45) is 26.1. The van der Waals surface area contributed by atoms with Crippen molar-refractivity contribution in [3.05, 3.63) is 536 Å². The van der Waals surface area contributed by atoms with Gasteiger partial charge >= 0.3 is 0 Å². The Morgan fingerprint density at radius 1 is 0.186 bits per heavy atom. The Kier molecular flexibility index (Phi) is 29.0. The van der Waals surface area contributed by atoms with Crippen LogP contribution in [0.2, 0.25) is 0 Å². The molecule has 28 rings (SSSR count). The highest BCUT2D eigenvalue weighted by Crippen LogP contribution is 2.48. The van der Waals surface area contributed by atoms with Crippen LogP contribution in [0.15, 0.2) is 364 Å². The van der Waals surface area contributed by atoms with Crippen molar-refractivity contribution in [2.45, 2.75) is 182 Å². The third kappa shape index (κ3) is 19.8. The Balaban J connectivity index is 0.000000102. The highest BCUT2D eigenvalue weighted by atomic mass is 14.3. The van der Waals surface area contributed by atoms with E-state index < -0.39 is 0 Å². The van der Waals surface area contributed by atoms with Crippen molar-refractivity contribution in [1.29, 1.82) is 0 Å². The van der Waals surface area contributed by atoms with Crippen molar-refractivity contribution < 1.29 is 0 Å². The van der Waals surface area contributed by atoms with Gasteiger partial charge in [0.25, 0.3) is 0 Å². The molecule has 7 aliphatic carbocycles. The average molecular weight is 1880 g/mol. The standard InChI is InChI=1S/4C16H14.2C15H14.2C14H14.C12H12.C11H12/c1-11-13-7-3-5-9-15(13)12(2)16-10-6-4-8-14(11)16;1-11-6-5-9-15-12(2)14-8-4-3-7-13(14)10-16(11)15;1-11-7-8-12(2)16-10-14-6-4-3-5-13(14)9-15(11)16;1-11-7-8-13-10-12(2)14-5-3-4-6-15(14)16(13)9-11;1-10-6-5-9-13-11(2)12-7-3-4-8-14(12)15(10)13;1-10-7-8-13-11(2)12-5-3-4-6-14(12)15(13)9-10;1-9-11-5-3-7-13(11)10(2)14-8-4-6-12(9)14;1-9-6-7-13-10(2)12-5-3-4-11(12)8-14(9)13;1-9-7-8-10(2)12-6-4-3-5-11(9)12;1-8-6-7-9(2)11-5-3-4-10(8)11/h4*3-10H,1-2H3;2*3-9,11H,1-2H3;3-5,8H,6-7H2,1-2H3;3,5-6,8H,4,7H2,1-2H3;3-8H,1-2H3;3-4,6-7H,5H2,1-2H3. The molecule has 2 unspecified atom stereocenters. The largest absolute Gasteiger partial charge is 0.0795 e. The van der Waals surface area contributed by atoms with Gasteiger partial charge in [-0.1, -0.05) is 395 Å². The molecule has 145 heavy (non-hydrogen) atoms. The van der Waals surface area contributed by atoms with Gasteiger partial charge in [0.2, 0.25) is 0 Å². The van der Waals surface area contributed by atoms with Crippen molar-refractivity contribution in [2.24, 2.45) is 0 Å². The van der Waals surface area contributed by atoms with E-state index in [1.807, 2.05) is 0 Å². The van der Waals surface area contributed by atoms with Crippen LogP contribution in [0.5, 0.6) is 0 Å². The third-order valence-electron chi connectivity index (χ3n) is 32.1. The number of rotatable bonds is 0. The predicted molar refractivity (Wildman–Crippen MR) is 637 cm³/mol. The lowest BCUT2D eigenvalue weighted by Gasteiger charge is -2.14. The Morgan fingerprint density at radius 3 is 1.14 bits per heavy atom. The SMILES string of the molecule is CC1=CCc2c1cc1c(c2C)C=CC1.Cc1c2c(c(C)c3c1CC=C3)CC=C2.Cc1c2ccccc2c(C)c2ccccc12.Cc1ccc(C)c2c1C=CC2.Cc1ccc(C)c2cc3ccccc3cc12.Cc1ccc(C)c2ccccc12.Cc1ccc2c(c1)-c1ccccc1C2C.Cc1ccc2cc(C)c3ccccc3c2c1.Cc1cccc2c(C)c3ccccc3cc12.Cc1cccc2c1-c1ccccc1C2C. The Hall–Kier alpha value is -15.3. The highest BCUT2D eigenvalue weighted by molar-refractivity contribution is 6.10. The van der Waals surface area contributed by atoms with E-state index in [1.165, 1.54) is 281 Å². The molecule has 0 aromatic heterocycles. The molecule has 0 nitrogen and oxygen atoms in total. The fourth-order valence-electron chi connectivity index (χ4n) is 23.7. The number of hydrogen-bond acceptors (Lipinski definition) is 0. The lowest BCUT2D eigenvalue weighted by atomic mass is 9.90. The molecule has 0 saturated heterocycles. The van der Waals surface area contributed by atoms with Crippen LogP contribution in [0.25, 0.3) is 149 Å². The minimum Gasteiger partial charge on any atom is -0.0795 e. The lowest BCUT2D eigenvalue weighted by Crippen LogP contribution is -1.99. The van der Waals surface area contributed by atoms with Crippen molar-refractivity contribution in [3.8, 4) is 22.3 Å². The molecule has 21 aromatic carbocycles. The molecule has 0 heteroatoms. The summed E-state index contributed by atoms with van der Waals surface area (Å²) < 4.78 is 0. The summed E-state index contributed by atoms with van der Waals surface area (Å²) in [5.74, 6) is 1.10. The zero-order valence-electron chi connectivity index (χ0n) is 88.6. The molecule has 0 radical (unpaired) electrons. The normalized spacial score (nSPS) is 13.6. The smallest absolute Gasteiger partial charge is 0.00734 e. The molecular formula is C145H136. The van der Waals surface area contributed by atoms with Gasteiger partial charge in [-0.2, -0.15) is 0 Å². The second kappa shape index (κ2) is 42.7. The van der Waals surface area contributed by atoms with Gasteiger partial charge in [0.15, 0.2) is 0 Å². The number of aryl methyl sites for hydroxylation is 14. The van der Waals surface area contributed by atoms with Crippen LogP contribution in [0.1, 0.15) is 205 Å².